The van der Waals surface area contributed by atoms with E-state index < -0.39 is 10.0 Å². The van der Waals surface area contributed by atoms with Crippen LogP contribution < -0.4 is 9.04 Å². The first-order chi connectivity index (χ1) is 16.5. The maximum absolute atomic E-state index is 13.6. The summed E-state index contributed by atoms with van der Waals surface area (Å²) < 4.78 is 34.8. The quantitative estimate of drug-likeness (QED) is 0.264. The lowest BCUT2D eigenvalue weighted by atomic mass is 10.2. The van der Waals surface area contributed by atoms with Crippen LogP contribution in [0.3, 0.4) is 0 Å². The van der Waals surface area contributed by atoms with E-state index in [2.05, 4.69) is 17.1 Å². The normalized spacial score (nSPS) is 14.1. The van der Waals surface area contributed by atoms with Crippen LogP contribution in [-0.2, 0) is 16.6 Å². The highest BCUT2D eigenvalue weighted by atomic mass is 35.5. The smallest absolute Gasteiger partial charge is 0.264 e. The molecule has 3 aromatic rings. The van der Waals surface area contributed by atoms with Gasteiger partial charge < -0.3 is 4.74 Å². The minimum atomic E-state index is -3.82. The number of rotatable bonds is 10. The van der Waals surface area contributed by atoms with Gasteiger partial charge in [0.1, 0.15) is 5.75 Å². The Bertz CT molecular complexity index is 1200. The van der Waals surface area contributed by atoms with Crippen molar-refractivity contribution in [3.63, 3.8) is 0 Å². The number of ether oxygens (including phenoxy) is 1. The predicted molar refractivity (Wildman–Crippen MR) is 138 cm³/mol. The summed E-state index contributed by atoms with van der Waals surface area (Å²) >= 11 is 5.99. The summed E-state index contributed by atoms with van der Waals surface area (Å²) in [5, 5.41) is 0.490. The van der Waals surface area contributed by atoms with Gasteiger partial charge in [0.2, 0.25) is 0 Å². The Morgan fingerprint density at radius 2 is 1.65 bits per heavy atom. The van der Waals surface area contributed by atoms with E-state index in [9.17, 15) is 8.42 Å². The fraction of sp³-hybridized carbons (Fsp3) is 0.259. The molecular weight excluding hydrogens is 468 g/mol. The monoisotopic (exact) mass is 496 g/mol. The van der Waals surface area contributed by atoms with Gasteiger partial charge in [-0.2, -0.15) is 0 Å². The number of para-hydroxylation sites is 2. The number of halogens is 1. The van der Waals surface area contributed by atoms with Crippen LogP contribution >= 0.6 is 11.6 Å². The van der Waals surface area contributed by atoms with Crippen LogP contribution in [-0.4, -0.2) is 39.6 Å². The van der Waals surface area contributed by atoms with Crippen LogP contribution in [0.15, 0.2) is 95.9 Å². The molecule has 1 heterocycles. The molecule has 0 atom stereocenters. The average Bonchev–Trinajstić information content (AvgIpc) is 2.87. The van der Waals surface area contributed by atoms with E-state index in [1.54, 1.807) is 24.3 Å². The van der Waals surface area contributed by atoms with Gasteiger partial charge in [0, 0.05) is 30.2 Å². The largest absolute Gasteiger partial charge is 0.493 e. The number of hydrogen-bond donors (Lipinski definition) is 0. The van der Waals surface area contributed by atoms with Gasteiger partial charge in [-0.05, 0) is 55.3 Å². The average molecular weight is 497 g/mol. The summed E-state index contributed by atoms with van der Waals surface area (Å²) in [4.78, 5) is 2.60. The molecule has 1 aliphatic rings. The van der Waals surface area contributed by atoms with Crippen molar-refractivity contribution < 1.29 is 13.2 Å². The fourth-order valence-electron chi connectivity index (χ4n) is 3.94. The Morgan fingerprint density at radius 3 is 2.38 bits per heavy atom. The Labute approximate surface area is 207 Å². The molecule has 0 unspecified atom stereocenters. The summed E-state index contributed by atoms with van der Waals surface area (Å²) in [6.07, 6.45) is 6.44. The van der Waals surface area contributed by atoms with E-state index in [1.807, 2.05) is 42.5 Å². The molecule has 34 heavy (non-hydrogen) atoms. The zero-order chi connectivity index (χ0) is 23.8. The highest BCUT2D eigenvalue weighted by molar-refractivity contribution is 7.92. The molecule has 4 rings (SSSR count). The van der Waals surface area contributed by atoms with E-state index >= 15 is 0 Å². The Hall–Kier alpha value is -2.80. The summed E-state index contributed by atoms with van der Waals surface area (Å²) in [5.74, 6) is 0.702. The first-order valence-corrected chi connectivity index (χ1v) is 13.3. The maximum atomic E-state index is 13.6. The minimum absolute atomic E-state index is 0.155. The molecule has 0 fully saturated rings. The Morgan fingerprint density at radius 1 is 0.912 bits per heavy atom. The van der Waals surface area contributed by atoms with E-state index in [0.29, 0.717) is 23.1 Å². The van der Waals surface area contributed by atoms with Gasteiger partial charge in [-0.15, -0.1) is 0 Å². The van der Waals surface area contributed by atoms with Crippen LogP contribution in [0.5, 0.6) is 5.75 Å². The molecule has 7 heteroatoms. The van der Waals surface area contributed by atoms with Crippen molar-refractivity contribution in [1.82, 2.24) is 4.90 Å². The molecule has 0 aliphatic carbocycles. The lowest BCUT2D eigenvalue weighted by molar-refractivity contribution is 0.246. The van der Waals surface area contributed by atoms with Gasteiger partial charge in [-0.25, -0.2) is 8.42 Å². The van der Waals surface area contributed by atoms with Crippen molar-refractivity contribution >= 4 is 27.3 Å². The first kappa shape index (κ1) is 24.3. The van der Waals surface area contributed by atoms with E-state index in [-0.39, 0.29) is 11.4 Å². The molecule has 3 aromatic carbocycles. The zero-order valence-corrected chi connectivity index (χ0v) is 20.6. The van der Waals surface area contributed by atoms with Gasteiger partial charge in [-0.3, -0.25) is 9.21 Å². The highest BCUT2D eigenvalue weighted by Gasteiger charge is 2.26. The highest BCUT2D eigenvalue weighted by Crippen LogP contribution is 2.29. The van der Waals surface area contributed by atoms with Crippen LogP contribution in [0, 0.1) is 0 Å². The lowest BCUT2D eigenvalue weighted by Gasteiger charge is -2.26. The number of sulfonamides is 1. The predicted octanol–water partition coefficient (Wildman–Crippen LogP) is 5.77. The summed E-state index contributed by atoms with van der Waals surface area (Å²) in [6, 6.07) is 23.0. The van der Waals surface area contributed by atoms with Gasteiger partial charge >= 0.3 is 0 Å². The second-order valence-electron chi connectivity index (χ2n) is 8.17. The Balaban J connectivity index is 1.53. The minimum Gasteiger partial charge on any atom is -0.493 e. The number of anilines is 1. The number of nitrogens with zero attached hydrogens (tertiary/aromatic N) is 2. The van der Waals surface area contributed by atoms with E-state index in [1.165, 1.54) is 16.4 Å². The van der Waals surface area contributed by atoms with Crippen molar-refractivity contribution in [1.29, 1.82) is 0 Å². The molecule has 0 spiro atoms. The Kier molecular flexibility index (Phi) is 8.27. The molecule has 0 aromatic heterocycles. The second-order valence-corrected chi connectivity index (χ2v) is 10.5. The van der Waals surface area contributed by atoms with E-state index in [0.717, 1.165) is 38.0 Å². The topological polar surface area (TPSA) is 49.9 Å². The molecule has 178 valence electrons. The zero-order valence-electron chi connectivity index (χ0n) is 19.0. The van der Waals surface area contributed by atoms with Crippen LogP contribution in [0.25, 0.3) is 0 Å². The molecule has 0 saturated carbocycles. The molecular formula is C27H29ClN2O3S. The third-order valence-corrected chi connectivity index (χ3v) is 7.79. The van der Waals surface area contributed by atoms with Gasteiger partial charge in [0.05, 0.1) is 23.7 Å². The molecule has 1 aliphatic heterocycles. The summed E-state index contributed by atoms with van der Waals surface area (Å²) in [6.45, 7) is 3.79. The van der Waals surface area contributed by atoms with E-state index in [4.69, 9.17) is 16.3 Å². The maximum Gasteiger partial charge on any atom is 0.264 e. The van der Waals surface area contributed by atoms with Crippen molar-refractivity contribution in [2.75, 3.05) is 30.5 Å². The first-order valence-electron chi connectivity index (χ1n) is 11.5. The molecule has 0 amide bonds. The fourth-order valence-corrected chi connectivity index (χ4v) is 5.51. The van der Waals surface area contributed by atoms with Crippen LogP contribution in [0.4, 0.5) is 5.69 Å². The van der Waals surface area contributed by atoms with Crippen molar-refractivity contribution in [3.05, 3.63) is 102 Å². The van der Waals surface area contributed by atoms with Crippen molar-refractivity contribution in [2.45, 2.75) is 24.3 Å². The standard InChI is InChI=1S/C27H29ClN2O3S/c28-24-14-16-26(17-15-24)34(31,32)30(25-11-3-1-4-12-25)22-23-10-5-6-13-27(23)33-21-9-20-29-18-7-2-8-19-29/h1-7,10-17H,8-9,18-22H2. The summed E-state index contributed by atoms with van der Waals surface area (Å²) in [5.41, 5.74) is 1.40. The third-order valence-electron chi connectivity index (χ3n) is 5.75. The molecule has 0 saturated heterocycles. The molecule has 0 radical (unpaired) electrons. The third kappa shape index (κ3) is 6.20. The number of hydrogen-bond acceptors (Lipinski definition) is 4. The van der Waals surface area contributed by atoms with Crippen molar-refractivity contribution in [2.24, 2.45) is 0 Å². The molecule has 0 N–H and O–H groups in total. The van der Waals surface area contributed by atoms with Crippen molar-refractivity contribution in [3.8, 4) is 5.75 Å². The van der Waals surface area contributed by atoms with Gasteiger partial charge in [0.15, 0.2) is 0 Å². The molecule has 0 bridgehead atoms. The van der Waals surface area contributed by atoms with Crippen LogP contribution in [0.1, 0.15) is 18.4 Å². The van der Waals surface area contributed by atoms with Gasteiger partial charge in [0.25, 0.3) is 10.0 Å². The second kappa shape index (κ2) is 11.6. The summed E-state index contributed by atoms with van der Waals surface area (Å²) in [7, 11) is -3.82. The number of benzene rings is 3. The van der Waals surface area contributed by atoms with Crippen LogP contribution in [0.2, 0.25) is 5.02 Å². The SMILES string of the molecule is O=S(=O)(c1ccc(Cl)cc1)N(Cc1ccccc1OCCCN1CC=CCC1)c1ccccc1. The molecule has 5 nitrogen and oxygen atoms in total. The lowest BCUT2D eigenvalue weighted by Crippen LogP contribution is -2.31. The van der Waals surface area contributed by atoms with Gasteiger partial charge in [-0.1, -0.05) is 60.2 Å².